The molecule has 2 rings (SSSR count). The van der Waals surface area contributed by atoms with Gasteiger partial charge in [0.2, 0.25) is 5.91 Å². The number of likely N-dealkylation sites (tertiary alicyclic amines) is 1. The molecule has 2 nitrogen and oxygen atoms in total. The molecule has 17 heavy (non-hydrogen) atoms. The number of halogens is 1. The lowest BCUT2D eigenvalue weighted by Crippen LogP contribution is -2.39. The van der Waals surface area contributed by atoms with E-state index < -0.39 is 0 Å². The average molecular weight is 258 g/mol. The maximum absolute atomic E-state index is 12.3. The Morgan fingerprint density at radius 1 is 1.24 bits per heavy atom. The maximum Gasteiger partial charge on any atom is 0.223 e. The van der Waals surface area contributed by atoms with E-state index in [1.54, 1.807) is 0 Å². The van der Waals surface area contributed by atoms with Crippen molar-refractivity contribution in [2.45, 2.75) is 57.9 Å². The Morgan fingerprint density at radius 3 is 2.59 bits per heavy atom. The van der Waals surface area contributed by atoms with E-state index in [2.05, 4.69) is 6.92 Å². The minimum Gasteiger partial charge on any atom is -0.338 e. The first-order chi connectivity index (χ1) is 8.22. The Hall–Kier alpha value is -0.240. The van der Waals surface area contributed by atoms with Crippen molar-refractivity contribution in [2.75, 3.05) is 12.4 Å². The summed E-state index contributed by atoms with van der Waals surface area (Å²) >= 11 is 5.99. The second-order valence-electron chi connectivity index (χ2n) is 5.78. The van der Waals surface area contributed by atoms with Gasteiger partial charge in [0, 0.05) is 24.9 Å². The van der Waals surface area contributed by atoms with E-state index in [-0.39, 0.29) is 6.04 Å². The predicted octanol–water partition coefficient (Wildman–Crippen LogP) is 3.43. The smallest absolute Gasteiger partial charge is 0.223 e. The van der Waals surface area contributed by atoms with Gasteiger partial charge in [0.05, 0.1) is 0 Å². The minimum atomic E-state index is 0.285. The van der Waals surface area contributed by atoms with Crippen LogP contribution in [0.3, 0.4) is 0 Å². The number of nitrogens with zero attached hydrogens (tertiary/aromatic N) is 1. The zero-order chi connectivity index (χ0) is 12.3. The van der Waals surface area contributed by atoms with E-state index in [1.165, 1.54) is 32.1 Å². The Kier molecular flexibility index (Phi) is 4.72. The van der Waals surface area contributed by atoms with Crippen molar-refractivity contribution in [1.29, 1.82) is 0 Å². The molecule has 3 heteroatoms. The molecular weight excluding hydrogens is 234 g/mol. The highest BCUT2D eigenvalue weighted by molar-refractivity contribution is 6.18. The fourth-order valence-electron chi connectivity index (χ4n) is 3.31. The van der Waals surface area contributed by atoms with Gasteiger partial charge in [0.25, 0.3) is 0 Å². The molecule has 1 amide bonds. The van der Waals surface area contributed by atoms with Gasteiger partial charge in [-0.1, -0.05) is 26.2 Å². The first-order valence-corrected chi connectivity index (χ1v) is 7.61. The van der Waals surface area contributed by atoms with Crippen molar-refractivity contribution in [3.8, 4) is 0 Å². The van der Waals surface area contributed by atoms with Crippen LogP contribution < -0.4 is 0 Å². The molecule has 0 radical (unpaired) electrons. The standard InChI is InChI=1S/C14H24ClNO/c1-11-7-8-16(13(11)10-15)14(17)9-12-5-3-2-4-6-12/h11-13H,2-10H2,1H3. The van der Waals surface area contributed by atoms with Gasteiger partial charge in [-0.2, -0.15) is 0 Å². The topological polar surface area (TPSA) is 20.3 Å². The van der Waals surface area contributed by atoms with Crippen LogP contribution in [0.4, 0.5) is 0 Å². The van der Waals surface area contributed by atoms with Crippen molar-refractivity contribution in [1.82, 2.24) is 4.90 Å². The van der Waals surface area contributed by atoms with E-state index in [4.69, 9.17) is 11.6 Å². The zero-order valence-electron chi connectivity index (χ0n) is 10.8. The van der Waals surface area contributed by atoms with E-state index in [0.29, 0.717) is 23.6 Å². The summed E-state index contributed by atoms with van der Waals surface area (Å²) in [4.78, 5) is 14.3. The number of alkyl halides is 1. The lowest BCUT2D eigenvalue weighted by atomic mass is 9.86. The Labute approximate surface area is 110 Å². The normalized spacial score (nSPS) is 30.8. The summed E-state index contributed by atoms with van der Waals surface area (Å²) in [5, 5.41) is 0. The van der Waals surface area contributed by atoms with Crippen LogP contribution in [0.25, 0.3) is 0 Å². The summed E-state index contributed by atoms with van der Waals surface area (Å²) in [5.74, 6) is 2.16. The first kappa shape index (κ1) is 13.2. The van der Waals surface area contributed by atoms with Crippen LogP contribution in [0.2, 0.25) is 0 Å². The van der Waals surface area contributed by atoms with Crippen molar-refractivity contribution < 1.29 is 4.79 Å². The van der Waals surface area contributed by atoms with E-state index in [1.807, 2.05) is 4.90 Å². The highest BCUT2D eigenvalue weighted by Gasteiger charge is 2.34. The summed E-state index contributed by atoms with van der Waals surface area (Å²) in [6.07, 6.45) is 8.37. The van der Waals surface area contributed by atoms with Gasteiger partial charge < -0.3 is 4.90 Å². The zero-order valence-corrected chi connectivity index (χ0v) is 11.6. The van der Waals surface area contributed by atoms with Gasteiger partial charge in [0.15, 0.2) is 0 Å². The number of amides is 1. The Bertz CT molecular complexity index is 263. The van der Waals surface area contributed by atoms with Crippen LogP contribution in [-0.2, 0) is 4.79 Å². The molecule has 0 N–H and O–H groups in total. The maximum atomic E-state index is 12.3. The van der Waals surface area contributed by atoms with Crippen LogP contribution in [0.1, 0.15) is 51.9 Å². The van der Waals surface area contributed by atoms with Gasteiger partial charge in [-0.05, 0) is 31.1 Å². The monoisotopic (exact) mass is 257 g/mol. The molecule has 0 aromatic rings. The van der Waals surface area contributed by atoms with Gasteiger partial charge >= 0.3 is 0 Å². The van der Waals surface area contributed by atoms with Crippen molar-refractivity contribution in [3.05, 3.63) is 0 Å². The van der Waals surface area contributed by atoms with Crippen LogP contribution in [0.5, 0.6) is 0 Å². The molecule has 0 bridgehead atoms. The number of hydrogen-bond acceptors (Lipinski definition) is 1. The second-order valence-corrected chi connectivity index (χ2v) is 6.09. The molecule has 2 aliphatic rings. The average Bonchev–Trinajstić information content (AvgIpc) is 2.71. The van der Waals surface area contributed by atoms with E-state index >= 15 is 0 Å². The molecule has 1 saturated heterocycles. The van der Waals surface area contributed by atoms with Crippen LogP contribution in [0.15, 0.2) is 0 Å². The van der Waals surface area contributed by atoms with Crippen LogP contribution in [0, 0.1) is 11.8 Å². The predicted molar refractivity (Wildman–Crippen MR) is 71.2 cm³/mol. The molecule has 2 fully saturated rings. The third-order valence-electron chi connectivity index (χ3n) is 4.55. The number of rotatable bonds is 3. The second kappa shape index (κ2) is 6.08. The molecule has 0 aromatic carbocycles. The highest BCUT2D eigenvalue weighted by atomic mass is 35.5. The van der Waals surface area contributed by atoms with E-state index in [9.17, 15) is 4.79 Å². The molecule has 0 spiro atoms. The Balaban J connectivity index is 1.86. The molecule has 0 aromatic heterocycles. The van der Waals surface area contributed by atoms with Crippen LogP contribution in [-0.4, -0.2) is 29.3 Å². The van der Waals surface area contributed by atoms with Gasteiger partial charge in [-0.25, -0.2) is 0 Å². The summed E-state index contributed by atoms with van der Waals surface area (Å²) < 4.78 is 0. The van der Waals surface area contributed by atoms with Gasteiger partial charge in [-0.15, -0.1) is 11.6 Å². The van der Waals surface area contributed by atoms with Crippen LogP contribution >= 0.6 is 11.6 Å². The molecule has 1 saturated carbocycles. The summed E-state index contributed by atoms with van der Waals surface area (Å²) in [6.45, 7) is 3.13. The molecular formula is C14H24ClNO. The van der Waals surface area contributed by atoms with E-state index in [0.717, 1.165) is 19.4 Å². The lowest BCUT2D eigenvalue weighted by molar-refractivity contribution is -0.133. The summed E-state index contributed by atoms with van der Waals surface area (Å²) in [7, 11) is 0. The number of hydrogen-bond donors (Lipinski definition) is 0. The summed E-state index contributed by atoms with van der Waals surface area (Å²) in [6, 6.07) is 0.285. The molecule has 1 heterocycles. The molecule has 2 atom stereocenters. The molecule has 98 valence electrons. The molecule has 1 aliphatic carbocycles. The third-order valence-corrected chi connectivity index (χ3v) is 4.87. The highest BCUT2D eigenvalue weighted by Crippen LogP contribution is 2.30. The fourth-order valence-corrected chi connectivity index (χ4v) is 3.78. The SMILES string of the molecule is CC1CCN(C(=O)CC2CCCCC2)C1CCl. The summed E-state index contributed by atoms with van der Waals surface area (Å²) in [5.41, 5.74) is 0. The molecule has 2 unspecified atom stereocenters. The van der Waals surface area contributed by atoms with Crippen molar-refractivity contribution >= 4 is 17.5 Å². The van der Waals surface area contributed by atoms with Gasteiger partial charge in [-0.3, -0.25) is 4.79 Å². The fraction of sp³-hybridized carbons (Fsp3) is 0.929. The largest absolute Gasteiger partial charge is 0.338 e. The quantitative estimate of drug-likeness (QED) is 0.710. The third kappa shape index (κ3) is 3.15. The molecule has 1 aliphatic heterocycles. The van der Waals surface area contributed by atoms with Crippen molar-refractivity contribution in [3.63, 3.8) is 0 Å². The van der Waals surface area contributed by atoms with Gasteiger partial charge in [0.1, 0.15) is 0 Å². The number of carbonyl (C=O) groups is 1. The minimum absolute atomic E-state index is 0.285. The Morgan fingerprint density at radius 2 is 1.94 bits per heavy atom. The van der Waals surface area contributed by atoms with Crippen molar-refractivity contribution in [2.24, 2.45) is 11.8 Å². The number of carbonyl (C=O) groups excluding carboxylic acids is 1. The first-order valence-electron chi connectivity index (χ1n) is 7.07. The lowest BCUT2D eigenvalue weighted by Gasteiger charge is -2.28.